The van der Waals surface area contributed by atoms with E-state index in [4.69, 9.17) is 11.6 Å². The Morgan fingerprint density at radius 2 is 0.905 bits per heavy atom. The lowest BCUT2D eigenvalue weighted by Gasteiger charge is -2.35. The van der Waals surface area contributed by atoms with Crippen molar-refractivity contribution < 1.29 is 0 Å². The van der Waals surface area contributed by atoms with Crippen LogP contribution in [0.3, 0.4) is 0 Å². The summed E-state index contributed by atoms with van der Waals surface area (Å²) in [4.78, 5) is 0. The lowest BCUT2D eigenvalue weighted by atomic mass is 9.71. The molecule has 0 atom stereocenters. The second kappa shape index (κ2) is 15.2. The van der Waals surface area contributed by atoms with Crippen molar-refractivity contribution in [2.75, 3.05) is 5.88 Å². The van der Waals surface area contributed by atoms with Crippen LogP contribution in [0.5, 0.6) is 0 Å². The number of halogens is 1. The number of unbranched alkanes of at least 4 members (excludes halogenated alkanes) is 7. The van der Waals surface area contributed by atoms with Crippen LogP contribution in [0.4, 0.5) is 0 Å². The van der Waals surface area contributed by atoms with Crippen molar-refractivity contribution in [3.63, 3.8) is 0 Å². The van der Waals surface area contributed by atoms with Crippen molar-refractivity contribution >= 4 is 11.6 Å². The highest BCUT2D eigenvalue weighted by atomic mass is 35.5. The van der Waals surface area contributed by atoms with Crippen LogP contribution < -0.4 is 0 Å². The van der Waals surface area contributed by atoms with E-state index in [0.29, 0.717) is 5.41 Å². The number of hydrogen-bond donors (Lipinski definition) is 0. The Bertz CT molecular complexity index is 178. The van der Waals surface area contributed by atoms with Gasteiger partial charge in [0.15, 0.2) is 0 Å². The first-order valence-corrected chi connectivity index (χ1v) is 10.3. The SMILES string of the molecule is CCCCC(CCCC)(CCCC)CCCCCCCCl. The highest BCUT2D eigenvalue weighted by Crippen LogP contribution is 2.41. The van der Waals surface area contributed by atoms with Crippen LogP contribution in [-0.4, -0.2) is 5.88 Å². The van der Waals surface area contributed by atoms with Crippen molar-refractivity contribution in [3.8, 4) is 0 Å². The summed E-state index contributed by atoms with van der Waals surface area (Å²) in [7, 11) is 0. The quantitative estimate of drug-likeness (QED) is 0.199. The van der Waals surface area contributed by atoms with Gasteiger partial charge in [-0.15, -0.1) is 11.6 Å². The molecule has 0 aliphatic heterocycles. The van der Waals surface area contributed by atoms with Crippen molar-refractivity contribution in [1.82, 2.24) is 0 Å². The molecule has 0 fully saturated rings. The Morgan fingerprint density at radius 1 is 0.524 bits per heavy atom. The topological polar surface area (TPSA) is 0 Å². The molecule has 0 heterocycles. The fourth-order valence-corrected chi connectivity index (χ4v) is 3.72. The maximum atomic E-state index is 5.76. The van der Waals surface area contributed by atoms with E-state index in [1.54, 1.807) is 0 Å². The van der Waals surface area contributed by atoms with E-state index in [2.05, 4.69) is 20.8 Å². The fraction of sp³-hybridized carbons (Fsp3) is 1.00. The molecule has 0 amide bonds. The Morgan fingerprint density at radius 3 is 1.33 bits per heavy atom. The van der Waals surface area contributed by atoms with Crippen LogP contribution >= 0.6 is 11.6 Å². The van der Waals surface area contributed by atoms with Crippen LogP contribution in [0, 0.1) is 5.41 Å². The molecule has 0 bridgehead atoms. The van der Waals surface area contributed by atoms with Gasteiger partial charge < -0.3 is 0 Å². The van der Waals surface area contributed by atoms with E-state index < -0.39 is 0 Å². The third kappa shape index (κ3) is 11.5. The highest BCUT2D eigenvalue weighted by Gasteiger charge is 2.27. The molecule has 0 aliphatic rings. The average molecular weight is 317 g/mol. The van der Waals surface area contributed by atoms with Crippen LogP contribution in [0.2, 0.25) is 0 Å². The lowest BCUT2D eigenvalue weighted by molar-refractivity contribution is 0.176. The smallest absolute Gasteiger partial charge is 0.0223 e. The zero-order chi connectivity index (χ0) is 15.8. The predicted octanol–water partition coefficient (Wildman–Crippen LogP) is 8.12. The molecule has 1 heteroatoms. The van der Waals surface area contributed by atoms with Gasteiger partial charge in [-0.2, -0.15) is 0 Å². The maximum Gasteiger partial charge on any atom is 0.0223 e. The van der Waals surface area contributed by atoms with Crippen molar-refractivity contribution in [2.45, 2.75) is 117 Å². The highest BCUT2D eigenvalue weighted by molar-refractivity contribution is 6.17. The largest absolute Gasteiger partial charge is 0.127 e. The van der Waals surface area contributed by atoms with Gasteiger partial charge in [0.05, 0.1) is 0 Å². The van der Waals surface area contributed by atoms with Crippen LogP contribution in [0.1, 0.15) is 117 Å². The van der Waals surface area contributed by atoms with E-state index in [-0.39, 0.29) is 0 Å². The minimum atomic E-state index is 0.675. The van der Waals surface area contributed by atoms with E-state index in [9.17, 15) is 0 Å². The molecule has 0 aromatic rings. The average Bonchev–Trinajstić information content (AvgIpc) is 2.51. The first kappa shape index (κ1) is 21.3. The van der Waals surface area contributed by atoms with E-state index in [1.807, 2.05) is 0 Å². The first-order chi connectivity index (χ1) is 10.2. The summed E-state index contributed by atoms with van der Waals surface area (Å²) in [5, 5.41) is 0. The van der Waals surface area contributed by atoms with Gasteiger partial charge in [-0.25, -0.2) is 0 Å². The monoisotopic (exact) mass is 316 g/mol. The molecule has 0 radical (unpaired) electrons. The molecule has 0 rings (SSSR count). The van der Waals surface area contributed by atoms with Gasteiger partial charge in [-0.1, -0.05) is 85.0 Å². The summed E-state index contributed by atoms with van der Waals surface area (Å²) in [5.41, 5.74) is 0.675. The summed E-state index contributed by atoms with van der Waals surface area (Å²) >= 11 is 5.76. The van der Waals surface area contributed by atoms with E-state index in [0.717, 1.165) is 5.88 Å². The fourth-order valence-electron chi connectivity index (χ4n) is 3.53. The third-order valence-electron chi connectivity index (χ3n) is 5.02. The van der Waals surface area contributed by atoms with Crippen molar-refractivity contribution in [1.29, 1.82) is 0 Å². The van der Waals surface area contributed by atoms with Gasteiger partial charge in [-0.05, 0) is 37.5 Å². The van der Waals surface area contributed by atoms with E-state index >= 15 is 0 Å². The first-order valence-electron chi connectivity index (χ1n) is 9.80. The Labute approximate surface area is 140 Å². The van der Waals surface area contributed by atoms with Crippen LogP contribution in [-0.2, 0) is 0 Å². The summed E-state index contributed by atoms with van der Waals surface area (Å²) in [6, 6.07) is 0. The second-order valence-corrected chi connectivity index (χ2v) is 7.40. The zero-order valence-corrected chi connectivity index (χ0v) is 15.9. The van der Waals surface area contributed by atoms with Gasteiger partial charge in [0.2, 0.25) is 0 Å². The molecule has 128 valence electrons. The Balaban J connectivity index is 4.28. The minimum absolute atomic E-state index is 0.675. The predicted molar refractivity (Wildman–Crippen MR) is 99.4 cm³/mol. The number of alkyl halides is 1. The van der Waals surface area contributed by atoms with Gasteiger partial charge >= 0.3 is 0 Å². The summed E-state index contributed by atoms with van der Waals surface area (Å²) in [5.74, 6) is 0.841. The summed E-state index contributed by atoms with van der Waals surface area (Å²) in [6.45, 7) is 7.03. The molecular weight excluding hydrogens is 276 g/mol. The second-order valence-electron chi connectivity index (χ2n) is 7.02. The molecule has 0 saturated carbocycles. The molecule has 0 aromatic carbocycles. The van der Waals surface area contributed by atoms with Gasteiger partial charge in [0.25, 0.3) is 0 Å². The minimum Gasteiger partial charge on any atom is -0.127 e. The van der Waals surface area contributed by atoms with E-state index in [1.165, 1.54) is 96.3 Å². The summed E-state index contributed by atoms with van der Waals surface area (Å²) < 4.78 is 0. The molecule has 0 unspecified atom stereocenters. The standard InChI is InChI=1S/C20H41Cl/c1-4-7-15-20(16-8-5-2,17-9-6-3)18-13-11-10-12-14-19-21/h4-19H2,1-3H3. The molecule has 0 aliphatic carbocycles. The molecule has 0 N–H and O–H groups in total. The van der Waals surface area contributed by atoms with Crippen molar-refractivity contribution in [2.24, 2.45) is 5.41 Å². The van der Waals surface area contributed by atoms with Gasteiger partial charge in [-0.3, -0.25) is 0 Å². The summed E-state index contributed by atoms with van der Waals surface area (Å²) in [6.07, 6.45) is 21.1. The molecule has 0 saturated heterocycles. The maximum absolute atomic E-state index is 5.76. The van der Waals surface area contributed by atoms with Crippen LogP contribution in [0.25, 0.3) is 0 Å². The third-order valence-corrected chi connectivity index (χ3v) is 5.29. The Kier molecular flexibility index (Phi) is 15.4. The number of hydrogen-bond acceptors (Lipinski definition) is 0. The molecule has 21 heavy (non-hydrogen) atoms. The van der Waals surface area contributed by atoms with Gasteiger partial charge in [0, 0.05) is 5.88 Å². The molecular formula is C20H41Cl. The zero-order valence-electron chi connectivity index (χ0n) is 15.2. The molecule has 0 spiro atoms. The van der Waals surface area contributed by atoms with Crippen LogP contribution in [0.15, 0.2) is 0 Å². The lowest BCUT2D eigenvalue weighted by Crippen LogP contribution is -2.21. The molecule has 0 nitrogen and oxygen atoms in total. The normalized spacial score (nSPS) is 12.0. The molecule has 0 aromatic heterocycles. The number of rotatable bonds is 16. The van der Waals surface area contributed by atoms with Crippen molar-refractivity contribution in [3.05, 3.63) is 0 Å². The van der Waals surface area contributed by atoms with Gasteiger partial charge in [0.1, 0.15) is 0 Å². The Hall–Kier alpha value is 0.290.